The van der Waals surface area contributed by atoms with Gasteiger partial charge in [0.2, 0.25) is 0 Å². The lowest BCUT2D eigenvalue weighted by molar-refractivity contribution is 0.0770. The van der Waals surface area contributed by atoms with Crippen molar-refractivity contribution in [1.29, 1.82) is 0 Å². The van der Waals surface area contributed by atoms with Crippen LogP contribution in [0.25, 0.3) is 16.6 Å². The summed E-state index contributed by atoms with van der Waals surface area (Å²) in [4.78, 5) is 56.3. The van der Waals surface area contributed by atoms with Crippen LogP contribution < -0.4 is 22.1 Å². The monoisotopic (exact) mass is 719 g/mol. The summed E-state index contributed by atoms with van der Waals surface area (Å²) in [6.45, 7) is 1.63. The number of rotatable bonds is 5. The van der Waals surface area contributed by atoms with Gasteiger partial charge in [0.1, 0.15) is 17.0 Å². The van der Waals surface area contributed by atoms with E-state index in [0.717, 1.165) is 4.57 Å². The Morgan fingerprint density at radius 2 is 1.72 bits per heavy atom. The smallest absolute Gasteiger partial charge is 0.336 e. The van der Waals surface area contributed by atoms with E-state index >= 15 is 0 Å². The minimum absolute atomic E-state index is 0.0283. The summed E-state index contributed by atoms with van der Waals surface area (Å²) >= 11 is 1.98. The number of aryl methyl sites for hydroxylation is 1. The van der Waals surface area contributed by atoms with Crippen molar-refractivity contribution in [3.8, 4) is 5.69 Å². The second kappa shape index (κ2) is 10.7. The lowest BCUT2D eigenvalue weighted by Gasteiger charge is -2.27. The number of halogens is 2. The third kappa shape index (κ3) is 5.19. The quantitative estimate of drug-likeness (QED) is 0.314. The highest BCUT2D eigenvalue weighted by atomic mass is 127. The fraction of sp³-hybridized carbons (Fsp3) is 0.310. The molecule has 1 aliphatic heterocycles. The molecule has 2 aromatic carbocycles. The first kappa shape index (κ1) is 29.3. The van der Waals surface area contributed by atoms with E-state index in [1.54, 1.807) is 24.3 Å². The Balaban J connectivity index is 1.59. The van der Waals surface area contributed by atoms with E-state index in [2.05, 4.69) is 5.32 Å². The molecule has 0 atom stereocenters. The highest BCUT2D eigenvalue weighted by Crippen LogP contribution is 2.34. The minimum atomic E-state index is -3.20. The summed E-state index contributed by atoms with van der Waals surface area (Å²) < 4.78 is 43.0. The zero-order valence-corrected chi connectivity index (χ0v) is 26.2. The average molecular weight is 720 g/mol. The number of aromatic nitrogens is 3. The maximum Gasteiger partial charge on any atom is 0.336 e. The molecule has 1 saturated carbocycles. The molecule has 43 heavy (non-hydrogen) atoms. The Kier molecular flexibility index (Phi) is 7.31. The van der Waals surface area contributed by atoms with Gasteiger partial charge >= 0.3 is 5.69 Å². The number of carbonyl (C=O) groups is 1. The summed E-state index contributed by atoms with van der Waals surface area (Å²) in [5.74, 6) is -1.21. The van der Waals surface area contributed by atoms with Gasteiger partial charge in [-0.3, -0.25) is 28.1 Å². The molecule has 1 amide bonds. The van der Waals surface area contributed by atoms with Crippen LogP contribution in [0.3, 0.4) is 0 Å². The van der Waals surface area contributed by atoms with Crippen LogP contribution in [0.2, 0.25) is 0 Å². The van der Waals surface area contributed by atoms with Crippen molar-refractivity contribution in [2.45, 2.75) is 25.8 Å². The maximum absolute atomic E-state index is 14.9. The molecule has 2 fully saturated rings. The number of anilines is 2. The molecule has 1 aliphatic carbocycles. The molecule has 1 saturated heterocycles. The highest BCUT2D eigenvalue weighted by molar-refractivity contribution is 14.1. The van der Waals surface area contributed by atoms with Gasteiger partial charge in [-0.2, -0.15) is 0 Å². The molecule has 224 valence electrons. The topological polar surface area (TPSA) is 132 Å². The number of hydrogen-bond acceptors (Lipinski definition) is 7. The van der Waals surface area contributed by atoms with Gasteiger partial charge in [-0.1, -0.05) is 6.07 Å². The molecular formula is C29H27FIN5O6S. The fourth-order valence-corrected chi connectivity index (χ4v) is 7.10. The molecule has 0 unspecified atom stereocenters. The molecule has 11 nitrogen and oxygen atoms in total. The van der Waals surface area contributed by atoms with Crippen LogP contribution in [0.15, 0.2) is 56.8 Å². The Labute approximate surface area is 258 Å². The molecule has 0 bridgehead atoms. The van der Waals surface area contributed by atoms with Crippen LogP contribution in [-0.2, 0) is 16.9 Å². The van der Waals surface area contributed by atoms with E-state index in [4.69, 9.17) is 0 Å². The lowest BCUT2D eigenvalue weighted by atomic mass is 10.1. The molecule has 2 aliphatic rings. The predicted molar refractivity (Wildman–Crippen MR) is 169 cm³/mol. The SMILES string of the molecule is Cc1c(=O)n(C)c(Nc2ccc(I)cc2F)c2c(=O)n(C3CC3)c(=O)n(-c3cccc(C(=O)N4CCS(=O)(=O)CC4)c3)c12. The number of nitrogens with zero attached hydrogens (tertiary/aromatic N) is 4. The summed E-state index contributed by atoms with van der Waals surface area (Å²) in [5.41, 5.74) is -1.06. The Morgan fingerprint density at radius 1 is 1.02 bits per heavy atom. The maximum atomic E-state index is 14.9. The largest absolute Gasteiger partial charge is 0.338 e. The van der Waals surface area contributed by atoms with E-state index in [0.29, 0.717) is 16.4 Å². The number of amides is 1. The molecule has 0 spiro atoms. The first-order valence-electron chi connectivity index (χ1n) is 13.6. The third-order valence-electron chi connectivity index (χ3n) is 7.92. The molecule has 2 aromatic heterocycles. The van der Waals surface area contributed by atoms with Crippen LogP contribution in [0, 0.1) is 16.3 Å². The van der Waals surface area contributed by atoms with Gasteiger partial charge in [0.15, 0.2) is 9.84 Å². The van der Waals surface area contributed by atoms with Crippen molar-refractivity contribution in [2.24, 2.45) is 7.05 Å². The van der Waals surface area contributed by atoms with Gasteiger partial charge in [-0.05, 0) is 78.8 Å². The molecule has 0 radical (unpaired) electrons. The Hall–Kier alpha value is -3.79. The number of benzene rings is 2. The van der Waals surface area contributed by atoms with E-state index in [-0.39, 0.29) is 69.9 Å². The van der Waals surface area contributed by atoms with Crippen molar-refractivity contribution in [1.82, 2.24) is 18.6 Å². The van der Waals surface area contributed by atoms with Crippen molar-refractivity contribution < 1.29 is 17.6 Å². The van der Waals surface area contributed by atoms with Crippen molar-refractivity contribution >= 4 is 60.7 Å². The van der Waals surface area contributed by atoms with Crippen LogP contribution in [-0.4, -0.2) is 57.5 Å². The Bertz CT molecular complexity index is 2120. The van der Waals surface area contributed by atoms with Crippen LogP contribution in [0.1, 0.15) is 34.8 Å². The number of nitrogens with one attached hydrogen (secondary N) is 1. The molecule has 6 rings (SSSR count). The number of hydrogen-bond donors (Lipinski definition) is 1. The summed E-state index contributed by atoms with van der Waals surface area (Å²) in [6, 6.07) is 10.4. The van der Waals surface area contributed by atoms with Crippen LogP contribution >= 0.6 is 22.6 Å². The first-order valence-corrected chi connectivity index (χ1v) is 16.5. The zero-order valence-electron chi connectivity index (χ0n) is 23.3. The van der Waals surface area contributed by atoms with Gasteiger partial charge in [0.05, 0.1) is 28.4 Å². The zero-order chi connectivity index (χ0) is 30.8. The van der Waals surface area contributed by atoms with Crippen molar-refractivity contribution in [2.75, 3.05) is 29.9 Å². The molecule has 3 heterocycles. The number of pyridine rings is 1. The molecule has 1 N–H and O–H groups in total. The standard InChI is InChI=1S/C29H27FIN5O6S/c1-16-24-23(25(33(2)26(16)37)32-22-9-6-18(31)15-21(22)30)28(39)36(19-7-8-19)29(40)35(24)20-5-3-4-17(14-20)27(38)34-10-12-43(41,42)13-11-34/h3-6,9,14-15,19,32H,7-8,10-13H2,1-2H3. The van der Waals surface area contributed by atoms with Gasteiger partial charge in [-0.25, -0.2) is 17.6 Å². The summed E-state index contributed by atoms with van der Waals surface area (Å²) in [6.07, 6.45) is 1.24. The van der Waals surface area contributed by atoms with E-state index in [1.165, 1.54) is 46.2 Å². The first-order chi connectivity index (χ1) is 20.4. The van der Waals surface area contributed by atoms with Crippen LogP contribution in [0.5, 0.6) is 0 Å². The summed E-state index contributed by atoms with van der Waals surface area (Å²) in [5, 5.41) is 2.96. The van der Waals surface area contributed by atoms with Gasteiger partial charge in [0, 0.05) is 40.9 Å². The number of sulfone groups is 1. The van der Waals surface area contributed by atoms with E-state index in [1.807, 2.05) is 22.6 Å². The van der Waals surface area contributed by atoms with E-state index < -0.39 is 38.4 Å². The van der Waals surface area contributed by atoms with Crippen molar-refractivity contribution in [3.63, 3.8) is 0 Å². The van der Waals surface area contributed by atoms with Gasteiger partial charge < -0.3 is 10.2 Å². The minimum Gasteiger partial charge on any atom is -0.338 e. The van der Waals surface area contributed by atoms with Crippen molar-refractivity contribution in [3.05, 3.63) is 94.2 Å². The van der Waals surface area contributed by atoms with Crippen LogP contribution in [0.4, 0.5) is 15.9 Å². The Morgan fingerprint density at radius 3 is 2.37 bits per heavy atom. The molecule has 4 aromatic rings. The third-order valence-corrected chi connectivity index (χ3v) is 10.2. The lowest BCUT2D eigenvalue weighted by Crippen LogP contribution is -2.43. The van der Waals surface area contributed by atoms with E-state index in [9.17, 15) is 32.0 Å². The second-order valence-corrected chi connectivity index (χ2v) is 14.4. The number of fused-ring (bicyclic) bond motifs is 1. The predicted octanol–water partition coefficient (Wildman–Crippen LogP) is 2.85. The second-order valence-electron chi connectivity index (χ2n) is 10.8. The average Bonchev–Trinajstić information content (AvgIpc) is 3.80. The molecular weight excluding hydrogens is 692 g/mol. The summed E-state index contributed by atoms with van der Waals surface area (Å²) in [7, 11) is -1.73. The normalized spacial score (nSPS) is 16.4. The highest BCUT2D eigenvalue weighted by Gasteiger charge is 2.32. The van der Waals surface area contributed by atoms with Gasteiger partial charge in [-0.15, -0.1) is 0 Å². The molecule has 14 heteroatoms. The van der Waals surface area contributed by atoms with Gasteiger partial charge in [0.25, 0.3) is 17.0 Å². The number of carbonyl (C=O) groups excluding carboxylic acids is 1. The fourth-order valence-electron chi connectivity index (χ4n) is 5.45.